The number of aromatic hydroxyl groups is 2. The minimum absolute atomic E-state index is 0.0239. The van der Waals surface area contributed by atoms with Crippen molar-refractivity contribution in [1.29, 1.82) is 0 Å². The zero-order valence-electron chi connectivity index (χ0n) is 10.3. The molecule has 0 aliphatic carbocycles. The average molecular weight is 242 g/mol. The molecular formula is C11H15NO5. The maximum absolute atomic E-state index is 11.4. The minimum Gasteiger partial charge on any atom is -0.504 e. The molecule has 0 radical (unpaired) electrons. The van der Waals surface area contributed by atoms with Crippen LogP contribution in [0.5, 0.6) is 11.5 Å². The molecule has 0 amide bonds. The van der Waals surface area contributed by atoms with Crippen molar-refractivity contribution < 1.29 is 26.2 Å². The van der Waals surface area contributed by atoms with Gasteiger partial charge in [-0.1, -0.05) is 6.07 Å². The van der Waals surface area contributed by atoms with Crippen molar-refractivity contribution in [3.05, 3.63) is 23.8 Å². The Balaban J connectivity index is 3.01. The van der Waals surface area contributed by atoms with Crippen molar-refractivity contribution in [2.75, 3.05) is 6.61 Å². The van der Waals surface area contributed by atoms with Crippen molar-refractivity contribution in [2.45, 2.75) is 19.0 Å². The fourth-order valence-electron chi connectivity index (χ4n) is 1.22. The fourth-order valence-corrected chi connectivity index (χ4v) is 1.22. The molecule has 0 fully saturated rings. The van der Waals surface area contributed by atoms with Gasteiger partial charge < -0.3 is 25.8 Å². The number of hydrogen-bond donors (Lipinski definition) is 4. The number of nitrogens with two attached hydrogens (primary N) is 1. The number of ether oxygens (including phenoxy) is 1. The van der Waals surface area contributed by atoms with Gasteiger partial charge in [-0.3, -0.25) is 4.79 Å². The Hall–Kier alpha value is -1.79. The molecule has 6 nitrogen and oxygen atoms in total. The zero-order chi connectivity index (χ0) is 13.9. The lowest BCUT2D eigenvalue weighted by atomic mass is 10.0. The first-order chi connectivity index (χ1) is 8.30. The largest absolute Gasteiger partial charge is 0.504 e. The lowest BCUT2D eigenvalue weighted by Crippen LogP contribution is -2.38. The summed E-state index contributed by atoms with van der Waals surface area (Å²) in [4.78, 5) is 11.4. The van der Waals surface area contributed by atoms with Crippen molar-refractivity contribution in [3.8, 4) is 11.5 Å². The Morgan fingerprint density at radius 1 is 1.53 bits per heavy atom. The summed E-state index contributed by atoms with van der Waals surface area (Å²) >= 11 is 0. The van der Waals surface area contributed by atoms with Crippen LogP contribution >= 0.6 is 0 Å². The predicted molar refractivity (Wildman–Crippen MR) is 59.3 cm³/mol. The third-order valence-electron chi connectivity index (χ3n) is 2.12. The number of carbonyl (C=O) groups excluding carboxylic acids is 1. The second-order valence-corrected chi connectivity index (χ2v) is 3.33. The van der Waals surface area contributed by atoms with Crippen LogP contribution in [-0.4, -0.2) is 33.9 Å². The van der Waals surface area contributed by atoms with Crippen LogP contribution in [-0.2, 0) is 9.53 Å². The molecule has 0 aliphatic heterocycles. The molecule has 0 spiro atoms. The first-order valence-corrected chi connectivity index (χ1v) is 4.96. The average Bonchev–Trinajstić information content (AvgIpc) is 2.32. The molecule has 0 saturated heterocycles. The topological polar surface area (TPSA) is 113 Å². The lowest BCUT2D eigenvalue weighted by molar-refractivity contribution is -0.147. The summed E-state index contributed by atoms with van der Waals surface area (Å²) in [6.45, 7) is 1.58. The van der Waals surface area contributed by atoms with Crippen LogP contribution in [0.4, 0.5) is 0 Å². The first kappa shape index (κ1) is 11.7. The van der Waals surface area contributed by atoms with E-state index in [-0.39, 0.29) is 17.9 Å². The zero-order valence-corrected chi connectivity index (χ0v) is 9.25. The number of esters is 1. The van der Waals surface area contributed by atoms with Crippen molar-refractivity contribution >= 4 is 5.97 Å². The highest BCUT2D eigenvalue weighted by molar-refractivity contribution is 5.76. The highest BCUT2D eigenvalue weighted by Crippen LogP contribution is 2.28. The van der Waals surface area contributed by atoms with E-state index >= 15 is 0 Å². The summed E-state index contributed by atoms with van der Waals surface area (Å²) in [5.41, 5.74) is 5.43. The smallest absolute Gasteiger partial charge is 0.325 e. The van der Waals surface area contributed by atoms with E-state index in [0.29, 0.717) is 0 Å². The highest BCUT2D eigenvalue weighted by Gasteiger charge is 2.25. The monoisotopic (exact) mass is 242 g/mol. The Labute approximate surface area is 99.7 Å². The molecule has 0 bridgehead atoms. The van der Waals surface area contributed by atoms with Gasteiger partial charge in [0, 0.05) is 0 Å². The van der Waals surface area contributed by atoms with Gasteiger partial charge in [-0.15, -0.1) is 0 Å². The van der Waals surface area contributed by atoms with E-state index in [0.717, 1.165) is 12.1 Å². The molecule has 2 atom stereocenters. The molecule has 0 aliphatic rings. The maximum atomic E-state index is 11.4. The summed E-state index contributed by atoms with van der Waals surface area (Å²) in [5.74, 6) is -1.94. The number of aliphatic hydroxyl groups is 1. The van der Waals surface area contributed by atoms with Gasteiger partial charge in [0.25, 0.3) is 0 Å². The van der Waals surface area contributed by atoms with Crippen molar-refractivity contribution in [3.63, 3.8) is 0 Å². The number of phenolic OH excluding ortho intramolecular Hbond substituents is 2. The molecule has 6 heteroatoms. The first-order valence-electron chi connectivity index (χ1n) is 5.46. The summed E-state index contributed by atoms with van der Waals surface area (Å²) in [5, 5.41) is 28.3. The normalized spacial score (nSPS) is 16.8. The van der Waals surface area contributed by atoms with E-state index < -0.39 is 23.8 Å². The van der Waals surface area contributed by atoms with Gasteiger partial charge >= 0.3 is 5.97 Å². The van der Waals surface area contributed by atoms with E-state index in [1.54, 1.807) is 6.92 Å². The van der Waals surface area contributed by atoms with E-state index in [2.05, 4.69) is 4.74 Å². The number of phenols is 2. The summed E-state index contributed by atoms with van der Waals surface area (Å²) in [6, 6.07) is 0.999. The molecule has 0 unspecified atom stereocenters. The van der Waals surface area contributed by atoms with Gasteiger partial charge in [0.15, 0.2) is 11.5 Å². The number of hydrogen-bond acceptors (Lipinski definition) is 6. The molecule has 94 valence electrons. The standard InChI is InChI=1S/C11H15NO5/c1-2-17-11(16)9(12)10(15)6-3-4-7(13)8(14)5-6/h3-5,9-10,13-15H,2,12H2,1H3/t9-,10-/m1/s1/i9D. The molecule has 17 heavy (non-hydrogen) atoms. The number of rotatable bonds is 4. The quantitative estimate of drug-likeness (QED) is 0.437. The number of aliphatic hydroxyl groups excluding tert-OH is 1. The third-order valence-corrected chi connectivity index (χ3v) is 2.12. The van der Waals surface area contributed by atoms with E-state index in [9.17, 15) is 15.0 Å². The van der Waals surface area contributed by atoms with E-state index in [1.165, 1.54) is 6.07 Å². The second-order valence-electron chi connectivity index (χ2n) is 3.33. The van der Waals surface area contributed by atoms with Gasteiger partial charge in [0.2, 0.25) is 0 Å². The Kier molecular flexibility index (Phi) is 3.79. The van der Waals surface area contributed by atoms with Crippen LogP contribution in [0.1, 0.15) is 20.0 Å². The van der Waals surface area contributed by atoms with Gasteiger partial charge in [-0.05, 0) is 24.6 Å². The van der Waals surface area contributed by atoms with Gasteiger partial charge in [0.1, 0.15) is 12.1 Å². The minimum atomic E-state index is -2.39. The highest BCUT2D eigenvalue weighted by atomic mass is 16.5. The Bertz CT molecular complexity index is 449. The van der Waals surface area contributed by atoms with Crippen molar-refractivity contribution in [1.82, 2.24) is 0 Å². The molecular weight excluding hydrogens is 226 g/mol. The Morgan fingerprint density at radius 2 is 2.18 bits per heavy atom. The van der Waals surface area contributed by atoms with Crippen LogP contribution in [0.15, 0.2) is 18.2 Å². The van der Waals surface area contributed by atoms with Crippen LogP contribution in [0.3, 0.4) is 0 Å². The molecule has 0 heterocycles. The van der Waals surface area contributed by atoms with E-state index in [1.807, 2.05) is 0 Å². The second kappa shape index (κ2) is 5.51. The van der Waals surface area contributed by atoms with Crippen LogP contribution in [0.25, 0.3) is 0 Å². The fraction of sp³-hybridized carbons (Fsp3) is 0.364. The molecule has 1 rings (SSSR count). The van der Waals surface area contributed by atoms with Crippen LogP contribution in [0, 0.1) is 0 Å². The van der Waals surface area contributed by atoms with Crippen LogP contribution < -0.4 is 5.73 Å². The molecule has 0 aromatic heterocycles. The van der Waals surface area contributed by atoms with Crippen molar-refractivity contribution in [2.24, 2.45) is 5.73 Å². The van der Waals surface area contributed by atoms with Gasteiger partial charge in [-0.25, -0.2) is 0 Å². The molecule has 5 N–H and O–H groups in total. The molecule has 1 aromatic rings. The molecule has 0 saturated carbocycles. The van der Waals surface area contributed by atoms with Gasteiger partial charge in [-0.2, -0.15) is 0 Å². The van der Waals surface area contributed by atoms with E-state index in [4.69, 9.17) is 12.2 Å². The predicted octanol–water partition coefficient (Wildman–Crippen LogP) is 0.0216. The Morgan fingerprint density at radius 3 is 2.71 bits per heavy atom. The van der Waals surface area contributed by atoms with Crippen LogP contribution in [0.2, 0.25) is 0 Å². The van der Waals surface area contributed by atoms with Gasteiger partial charge in [0.05, 0.1) is 7.98 Å². The maximum Gasteiger partial charge on any atom is 0.325 e. The molecule has 1 aromatic carbocycles. The number of carbonyl (C=O) groups is 1. The SMILES string of the molecule is [2H][C@](N)(C(=O)OCC)[C@H](O)c1ccc(O)c(O)c1. The number of benzene rings is 1. The summed E-state index contributed by atoms with van der Waals surface area (Å²) < 4.78 is 12.2. The summed E-state index contributed by atoms with van der Waals surface area (Å²) in [7, 11) is 0. The third kappa shape index (κ3) is 3.08. The summed E-state index contributed by atoms with van der Waals surface area (Å²) in [6.07, 6.45) is -1.69. The lowest BCUT2D eigenvalue weighted by Gasteiger charge is -2.17.